The number of carbonyl (C=O) groups is 1. The van der Waals surface area contributed by atoms with E-state index in [2.05, 4.69) is 5.32 Å². The molecule has 0 spiro atoms. The fourth-order valence-electron chi connectivity index (χ4n) is 1.84. The highest BCUT2D eigenvalue weighted by Crippen LogP contribution is 2.17. The normalized spacial score (nSPS) is 10.3. The first kappa shape index (κ1) is 15.5. The molecule has 0 bridgehead atoms. The van der Waals surface area contributed by atoms with E-state index in [0.29, 0.717) is 16.7 Å². The van der Waals surface area contributed by atoms with Crippen LogP contribution in [0.3, 0.4) is 0 Å². The van der Waals surface area contributed by atoms with Crippen LogP contribution in [-0.4, -0.2) is 23.1 Å². The summed E-state index contributed by atoms with van der Waals surface area (Å²) in [4.78, 5) is 12.0. The van der Waals surface area contributed by atoms with E-state index in [-0.39, 0.29) is 10.6 Å². The second-order valence-corrected chi connectivity index (χ2v) is 4.94. The first-order chi connectivity index (χ1) is 9.88. The molecule has 0 fully saturated rings. The quantitative estimate of drug-likeness (QED) is 0.756. The standard InChI is InChI=1S/C14H12BClFNO3/c1-8-2-4-10(7-11(8)15(20)21)18-14(19)9-3-5-13(17)12(16)6-9/h2-7,20-21H,1H3,(H,18,19). The van der Waals surface area contributed by atoms with Gasteiger partial charge >= 0.3 is 7.12 Å². The van der Waals surface area contributed by atoms with Crippen LogP contribution in [0.4, 0.5) is 10.1 Å². The molecular weight excluding hydrogens is 295 g/mol. The highest BCUT2D eigenvalue weighted by molar-refractivity contribution is 6.59. The predicted octanol–water partition coefficient (Wildman–Crippen LogP) is 1.72. The van der Waals surface area contributed by atoms with E-state index < -0.39 is 18.8 Å². The van der Waals surface area contributed by atoms with Crippen molar-refractivity contribution in [3.63, 3.8) is 0 Å². The Balaban J connectivity index is 2.23. The molecule has 0 aliphatic carbocycles. The first-order valence-electron chi connectivity index (χ1n) is 6.11. The van der Waals surface area contributed by atoms with Crippen LogP contribution in [0.1, 0.15) is 15.9 Å². The number of hydrogen-bond donors (Lipinski definition) is 3. The van der Waals surface area contributed by atoms with Crippen molar-refractivity contribution < 1.29 is 19.2 Å². The molecule has 0 radical (unpaired) electrons. The van der Waals surface area contributed by atoms with Crippen LogP contribution in [-0.2, 0) is 0 Å². The lowest BCUT2D eigenvalue weighted by Crippen LogP contribution is -2.32. The average Bonchev–Trinajstić information content (AvgIpc) is 2.43. The summed E-state index contributed by atoms with van der Waals surface area (Å²) >= 11 is 5.63. The highest BCUT2D eigenvalue weighted by Gasteiger charge is 2.15. The van der Waals surface area contributed by atoms with Crippen LogP contribution in [0.15, 0.2) is 36.4 Å². The monoisotopic (exact) mass is 307 g/mol. The molecule has 2 aromatic rings. The van der Waals surface area contributed by atoms with Gasteiger partial charge in [-0.2, -0.15) is 0 Å². The lowest BCUT2D eigenvalue weighted by atomic mass is 9.77. The fraction of sp³-hybridized carbons (Fsp3) is 0.0714. The minimum Gasteiger partial charge on any atom is -0.423 e. The molecule has 4 nitrogen and oxygen atoms in total. The third-order valence-electron chi connectivity index (χ3n) is 3.00. The molecule has 108 valence electrons. The first-order valence-corrected chi connectivity index (χ1v) is 6.49. The molecule has 21 heavy (non-hydrogen) atoms. The number of carbonyl (C=O) groups excluding carboxylic acids is 1. The number of hydrogen-bond acceptors (Lipinski definition) is 3. The molecule has 0 aromatic heterocycles. The van der Waals surface area contributed by atoms with E-state index in [1.807, 2.05) is 0 Å². The van der Waals surface area contributed by atoms with Gasteiger partial charge < -0.3 is 15.4 Å². The van der Waals surface area contributed by atoms with Crippen LogP contribution in [0.2, 0.25) is 5.02 Å². The number of aryl methyl sites for hydroxylation is 1. The van der Waals surface area contributed by atoms with E-state index in [4.69, 9.17) is 11.6 Å². The Kier molecular flexibility index (Phi) is 4.62. The molecule has 0 aliphatic heterocycles. The molecule has 2 aromatic carbocycles. The van der Waals surface area contributed by atoms with E-state index in [1.165, 1.54) is 18.2 Å². The highest BCUT2D eigenvalue weighted by atomic mass is 35.5. The molecule has 0 aliphatic rings. The zero-order valence-corrected chi connectivity index (χ0v) is 11.9. The van der Waals surface area contributed by atoms with Crippen molar-refractivity contribution in [1.29, 1.82) is 0 Å². The molecule has 0 saturated heterocycles. The summed E-state index contributed by atoms with van der Waals surface area (Å²) in [7, 11) is -1.62. The average molecular weight is 308 g/mol. The van der Waals surface area contributed by atoms with Crippen molar-refractivity contribution in [3.05, 3.63) is 58.4 Å². The van der Waals surface area contributed by atoms with E-state index >= 15 is 0 Å². The zero-order valence-electron chi connectivity index (χ0n) is 11.1. The second-order valence-electron chi connectivity index (χ2n) is 4.53. The summed E-state index contributed by atoms with van der Waals surface area (Å²) in [5, 5.41) is 20.9. The third-order valence-corrected chi connectivity index (χ3v) is 3.29. The Morgan fingerprint density at radius 2 is 1.95 bits per heavy atom. The van der Waals surface area contributed by atoms with Gasteiger partial charge in [-0.15, -0.1) is 0 Å². The number of amides is 1. The van der Waals surface area contributed by atoms with Gasteiger partial charge in [0.15, 0.2) is 0 Å². The molecule has 3 N–H and O–H groups in total. The maximum absolute atomic E-state index is 13.1. The smallest absolute Gasteiger partial charge is 0.423 e. The molecule has 0 saturated carbocycles. The summed E-state index contributed by atoms with van der Waals surface area (Å²) in [5.74, 6) is -1.08. The topological polar surface area (TPSA) is 69.6 Å². The number of rotatable bonds is 3. The van der Waals surface area contributed by atoms with Crippen molar-refractivity contribution >= 4 is 35.8 Å². The Morgan fingerprint density at radius 1 is 1.24 bits per heavy atom. The molecule has 0 unspecified atom stereocenters. The second kappa shape index (κ2) is 6.26. The van der Waals surface area contributed by atoms with Crippen LogP contribution >= 0.6 is 11.6 Å². The SMILES string of the molecule is Cc1ccc(NC(=O)c2ccc(F)c(Cl)c2)cc1B(O)O. The predicted molar refractivity (Wildman–Crippen MR) is 80.4 cm³/mol. The molecular formula is C14H12BClFNO3. The van der Waals surface area contributed by atoms with E-state index in [9.17, 15) is 19.2 Å². The molecule has 0 heterocycles. The molecule has 0 atom stereocenters. The fourth-order valence-corrected chi connectivity index (χ4v) is 2.02. The largest absolute Gasteiger partial charge is 0.488 e. The Bertz CT molecular complexity index is 694. The zero-order chi connectivity index (χ0) is 15.6. The minimum atomic E-state index is -1.62. The van der Waals surface area contributed by atoms with Crippen molar-refractivity contribution in [2.45, 2.75) is 6.92 Å². The van der Waals surface area contributed by atoms with Gasteiger partial charge in [0, 0.05) is 11.3 Å². The van der Waals surface area contributed by atoms with Crippen LogP contribution in [0.25, 0.3) is 0 Å². The van der Waals surface area contributed by atoms with Gasteiger partial charge in [0.1, 0.15) is 5.82 Å². The number of halogens is 2. The van der Waals surface area contributed by atoms with Crippen molar-refractivity contribution in [2.75, 3.05) is 5.32 Å². The van der Waals surface area contributed by atoms with Crippen LogP contribution < -0.4 is 10.8 Å². The molecule has 7 heteroatoms. The van der Waals surface area contributed by atoms with Crippen molar-refractivity contribution in [1.82, 2.24) is 0 Å². The van der Waals surface area contributed by atoms with Gasteiger partial charge in [0.05, 0.1) is 5.02 Å². The number of nitrogens with one attached hydrogen (secondary N) is 1. The van der Waals surface area contributed by atoms with Gasteiger partial charge in [0.2, 0.25) is 0 Å². The van der Waals surface area contributed by atoms with Crippen molar-refractivity contribution in [3.8, 4) is 0 Å². The lowest BCUT2D eigenvalue weighted by molar-refractivity contribution is 0.102. The van der Waals surface area contributed by atoms with Gasteiger partial charge in [-0.25, -0.2) is 4.39 Å². The molecule has 1 amide bonds. The number of benzene rings is 2. The van der Waals surface area contributed by atoms with E-state index in [1.54, 1.807) is 19.1 Å². The summed E-state index contributed by atoms with van der Waals surface area (Å²) in [6.45, 7) is 1.72. The Labute approximate surface area is 126 Å². The third kappa shape index (κ3) is 3.61. The summed E-state index contributed by atoms with van der Waals surface area (Å²) in [6, 6.07) is 8.39. The van der Waals surface area contributed by atoms with Gasteiger partial charge in [-0.1, -0.05) is 23.2 Å². The van der Waals surface area contributed by atoms with Gasteiger partial charge in [-0.3, -0.25) is 4.79 Å². The van der Waals surface area contributed by atoms with Crippen molar-refractivity contribution in [2.24, 2.45) is 0 Å². The summed E-state index contributed by atoms with van der Waals surface area (Å²) < 4.78 is 13.1. The summed E-state index contributed by atoms with van der Waals surface area (Å²) in [5.41, 5.74) is 1.58. The number of anilines is 1. The minimum absolute atomic E-state index is 0.141. The van der Waals surface area contributed by atoms with Crippen LogP contribution in [0, 0.1) is 12.7 Å². The lowest BCUT2D eigenvalue weighted by Gasteiger charge is -2.10. The van der Waals surface area contributed by atoms with Crippen LogP contribution in [0.5, 0.6) is 0 Å². The Morgan fingerprint density at radius 3 is 2.57 bits per heavy atom. The molecule has 2 rings (SSSR count). The Hall–Kier alpha value is -1.89. The van der Waals surface area contributed by atoms with E-state index in [0.717, 1.165) is 6.07 Å². The van der Waals surface area contributed by atoms with Gasteiger partial charge in [0.25, 0.3) is 5.91 Å². The maximum atomic E-state index is 13.1. The van der Waals surface area contributed by atoms with Gasteiger partial charge in [-0.05, 0) is 42.7 Å². The summed E-state index contributed by atoms with van der Waals surface area (Å²) in [6.07, 6.45) is 0. The maximum Gasteiger partial charge on any atom is 0.488 e.